The molecule has 0 spiro atoms. The van der Waals surface area contributed by atoms with Crippen LogP contribution in [0.15, 0.2) is 46.8 Å². The molecule has 7 heteroatoms. The summed E-state index contributed by atoms with van der Waals surface area (Å²) in [6.07, 6.45) is 0. The Morgan fingerprint density at radius 1 is 1.24 bits per heavy atom. The molecule has 1 heterocycles. The van der Waals surface area contributed by atoms with Gasteiger partial charge in [-0.15, -0.1) is 11.3 Å². The maximum atomic E-state index is 11.0. The minimum atomic E-state index is -0.376. The smallest absolute Gasteiger partial charge is 0.274 e. The van der Waals surface area contributed by atoms with Crippen molar-refractivity contribution < 1.29 is 4.92 Å². The van der Waals surface area contributed by atoms with E-state index in [1.54, 1.807) is 36.6 Å². The van der Waals surface area contributed by atoms with Crippen molar-refractivity contribution in [3.05, 3.63) is 62.3 Å². The highest BCUT2D eigenvalue weighted by molar-refractivity contribution is 7.09. The van der Waals surface area contributed by atoms with Crippen LogP contribution in [0.2, 0.25) is 0 Å². The highest BCUT2D eigenvalue weighted by Crippen LogP contribution is 2.17. The zero-order valence-corrected chi connectivity index (χ0v) is 12.4. The summed E-state index contributed by atoms with van der Waals surface area (Å²) in [6.45, 7) is 1.02. The summed E-state index contributed by atoms with van der Waals surface area (Å²) in [6, 6.07) is 10.7. The molecule has 0 radical (unpaired) electrons. The van der Waals surface area contributed by atoms with Crippen LogP contribution in [-0.4, -0.2) is 17.9 Å². The lowest BCUT2D eigenvalue weighted by Gasteiger charge is -2.11. The van der Waals surface area contributed by atoms with Gasteiger partial charge in [0.05, 0.1) is 11.5 Å². The molecule has 21 heavy (non-hydrogen) atoms. The third kappa shape index (κ3) is 4.28. The van der Waals surface area contributed by atoms with E-state index >= 15 is 0 Å². The molecule has 2 N–H and O–H groups in total. The van der Waals surface area contributed by atoms with Gasteiger partial charge in [0.1, 0.15) is 0 Å². The largest absolute Gasteiger partial charge is 0.352 e. The zero-order chi connectivity index (χ0) is 15.1. The molecule has 0 saturated carbocycles. The third-order valence-corrected chi connectivity index (χ3v) is 3.74. The van der Waals surface area contributed by atoms with Crippen molar-refractivity contribution in [2.24, 2.45) is 4.99 Å². The average Bonchev–Trinajstić information content (AvgIpc) is 3.01. The highest BCUT2D eigenvalue weighted by Gasteiger charge is 2.12. The standard InChI is InChI=1S/C14H16N4O2S/c1-15-14(17-10-12-6-4-8-21-12)16-9-11-5-2-3-7-13(11)18(19)20/h2-8H,9-10H2,1H3,(H2,15,16,17). The summed E-state index contributed by atoms with van der Waals surface area (Å²) in [5.74, 6) is 0.613. The van der Waals surface area contributed by atoms with Crippen LogP contribution in [0.1, 0.15) is 10.4 Å². The highest BCUT2D eigenvalue weighted by atomic mass is 32.1. The number of guanidine groups is 1. The van der Waals surface area contributed by atoms with Crippen LogP contribution >= 0.6 is 11.3 Å². The van der Waals surface area contributed by atoms with Crippen molar-refractivity contribution in [1.82, 2.24) is 10.6 Å². The Bertz CT molecular complexity index is 626. The molecule has 0 fully saturated rings. The summed E-state index contributed by atoms with van der Waals surface area (Å²) in [7, 11) is 1.67. The van der Waals surface area contributed by atoms with Crippen molar-refractivity contribution >= 4 is 23.0 Å². The van der Waals surface area contributed by atoms with Gasteiger partial charge in [-0.3, -0.25) is 15.1 Å². The predicted molar refractivity (Wildman–Crippen MR) is 84.5 cm³/mol. The first-order chi connectivity index (χ1) is 10.2. The molecule has 0 aliphatic heterocycles. The number of nitro benzene ring substituents is 1. The van der Waals surface area contributed by atoms with E-state index in [9.17, 15) is 10.1 Å². The van der Waals surface area contributed by atoms with Gasteiger partial charge in [0, 0.05) is 30.1 Å². The molecule has 0 atom stereocenters. The normalized spacial score (nSPS) is 11.2. The van der Waals surface area contributed by atoms with Crippen LogP contribution in [0.25, 0.3) is 0 Å². The molecule has 0 amide bonds. The molecular weight excluding hydrogens is 288 g/mol. The van der Waals surface area contributed by atoms with E-state index < -0.39 is 0 Å². The number of nitro groups is 1. The van der Waals surface area contributed by atoms with Gasteiger partial charge >= 0.3 is 0 Å². The molecule has 0 saturated heterocycles. The predicted octanol–water partition coefficient (Wildman–Crippen LogP) is 2.52. The topological polar surface area (TPSA) is 79.6 Å². The monoisotopic (exact) mass is 304 g/mol. The van der Waals surface area contributed by atoms with Crippen molar-refractivity contribution in [2.75, 3.05) is 7.05 Å². The van der Waals surface area contributed by atoms with Gasteiger partial charge in [-0.25, -0.2) is 0 Å². The number of nitrogens with one attached hydrogen (secondary N) is 2. The zero-order valence-electron chi connectivity index (χ0n) is 11.6. The lowest BCUT2D eigenvalue weighted by atomic mass is 10.2. The Labute approximate surface area is 126 Å². The Hall–Kier alpha value is -2.41. The number of para-hydroxylation sites is 1. The lowest BCUT2D eigenvalue weighted by molar-refractivity contribution is -0.385. The molecule has 1 aromatic heterocycles. The lowest BCUT2D eigenvalue weighted by Crippen LogP contribution is -2.36. The van der Waals surface area contributed by atoms with Gasteiger partial charge in [-0.2, -0.15) is 0 Å². The van der Waals surface area contributed by atoms with E-state index in [1.165, 1.54) is 10.9 Å². The van der Waals surface area contributed by atoms with E-state index in [-0.39, 0.29) is 10.6 Å². The summed E-state index contributed by atoms with van der Waals surface area (Å²) in [5, 5.41) is 19.2. The van der Waals surface area contributed by atoms with Gasteiger partial charge in [0.2, 0.25) is 0 Å². The summed E-state index contributed by atoms with van der Waals surface area (Å²) in [5.41, 5.74) is 0.736. The fourth-order valence-electron chi connectivity index (χ4n) is 1.82. The van der Waals surface area contributed by atoms with E-state index in [2.05, 4.69) is 15.6 Å². The van der Waals surface area contributed by atoms with Crippen LogP contribution < -0.4 is 10.6 Å². The maximum Gasteiger partial charge on any atom is 0.274 e. The van der Waals surface area contributed by atoms with Crippen molar-refractivity contribution in [3.63, 3.8) is 0 Å². The summed E-state index contributed by atoms with van der Waals surface area (Å²) >= 11 is 1.66. The van der Waals surface area contributed by atoms with Gasteiger partial charge in [-0.1, -0.05) is 24.3 Å². The second-order valence-corrected chi connectivity index (χ2v) is 5.28. The van der Waals surface area contributed by atoms with Gasteiger partial charge in [0.25, 0.3) is 5.69 Å². The van der Waals surface area contributed by atoms with Gasteiger partial charge in [0.15, 0.2) is 5.96 Å². The van der Waals surface area contributed by atoms with E-state index in [4.69, 9.17) is 0 Å². The molecule has 1 aromatic carbocycles. The number of benzene rings is 1. The van der Waals surface area contributed by atoms with E-state index in [0.717, 1.165) is 0 Å². The second-order valence-electron chi connectivity index (χ2n) is 4.24. The number of aliphatic imine (C=N–C) groups is 1. The van der Waals surface area contributed by atoms with Crippen LogP contribution in [0.5, 0.6) is 0 Å². The van der Waals surface area contributed by atoms with Crippen LogP contribution in [0.3, 0.4) is 0 Å². The number of hydrogen-bond acceptors (Lipinski definition) is 4. The molecule has 0 aliphatic rings. The van der Waals surface area contributed by atoms with Crippen LogP contribution in [0, 0.1) is 10.1 Å². The number of nitrogens with zero attached hydrogens (tertiary/aromatic N) is 2. The number of hydrogen-bond donors (Lipinski definition) is 2. The summed E-state index contributed by atoms with van der Waals surface area (Å²) in [4.78, 5) is 15.9. The van der Waals surface area contributed by atoms with E-state index in [1.807, 2.05) is 17.5 Å². The number of rotatable bonds is 5. The molecule has 2 rings (SSSR count). The van der Waals surface area contributed by atoms with Crippen molar-refractivity contribution in [3.8, 4) is 0 Å². The summed E-state index contributed by atoms with van der Waals surface area (Å²) < 4.78 is 0. The Morgan fingerprint density at radius 2 is 2.00 bits per heavy atom. The molecule has 2 aromatic rings. The Morgan fingerprint density at radius 3 is 2.67 bits per heavy atom. The van der Waals surface area contributed by atoms with E-state index in [0.29, 0.717) is 24.6 Å². The first-order valence-corrected chi connectivity index (χ1v) is 7.28. The molecule has 0 bridgehead atoms. The maximum absolute atomic E-state index is 11.0. The van der Waals surface area contributed by atoms with Crippen LogP contribution in [-0.2, 0) is 13.1 Å². The van der Waals surface area contributed by atoms with Gasteiger partial charge in [-0.05, 0) is 11.4 Å². The number of thiophene rings is 1. The van der Waals surface area contributed by atoms with Crippen molar-refractivity contribution in [2.45, 2.75) is 13.1 Å². The quantitative estimate of drug-likeness (QED) is 0.385. The average molecular weight is 304 g/mol. The minimum Gasteiger partial charge on any atom is -0.352 e. The Kier molecular flexibility index (Phi) is 5.28. The third-order valence-electron chi connectivity index (χ3n) is 2.87. The minimum absolute atomic E-state index is 0.110. The fraction of sp³-hybridized carbons (Fsp3) is 0.214. The first-order valence-electron chi connectivity index (χ1n) is 6.40. The first kappa shape index (κ1) is 15.0. The fourth-order valence-corrected chi connectivity index (χ4v) is 2.47. The Balaban J connectivity index is 1.93. The molecule has 0 unspecified atom stereocenters. The molecule has 6 nitrogen and oxygen atoms in total. The molecular formula is C14H16N4O2S. The van der Waals surface area contributed by atoms with Crippen molar-refractivity contribution in [1.29, 1.82) is 0 Å². The van der Waals surface area contributed by atoms with Gasteiger partial charge < -0.3 is 10.6 Å². The molecule has 110 valence electrons. The SMILES string of the molecule is CN=C(NCc1cccs1)NCc1ccccc1[N+](=O)[O-]. The molecule has 0 aliphatic carbocycles. The van der Waals surface area contributed by atoms with Crippen LogP contribution in [0.4, 0.5) is 5.69 Å². The second kappa shape index (κ2) is 7.39.